The molecule has 1 aromatic rings. The van der Waals surface area contributed by atoms with Gasteiger partial charge in [0.1, 0.15) is 42.1 Å². The first kappa shape index (κ1) is 60.6. The van der Waals surface area contributed by atoms with Gasteiger partial charge in [-0.15, -0.1) is 11.8 Å². The molecule has 3 rings (SSSR count). The predicted octanol–water partition coefficient (Wildman–Crippen LogP) is 14.8. The van der Waals surface area contributed by atoms with E-state index < -0.39 is 89.9 Å². The Morgan fingerprint density at radius 1 is 0.500 bits per heavy atom. The van der Waals surface area contributed by atoms with Crippen LogP contribution in [0.2, 0.25) is 90.7 Å². The molecule has 0 N–H and O–H groups in total. The second kappa shape index (κ2) is 21.8. The van der Waals surface area contributed by atoms with Crippen molar-refractivity contribution in [2.45, 2.75) is 276 Å². The smallest absolute Gasteiger partial charge is 0.192 e. The van der Waals surface area contributed by atoms with E-state index in [2.05, 4.69) is 207 Å². The van der Waals surface area contributed by atoms with Crippen molar-refractivity contribution in [2.75, 3.05) is 12.4 Å². The number of rotatable bonds is 18. The Bertz CT molecular complexity index is 1660. The Morgan fingerprint density at radius 2 is 0.909 bits per heavy atom. The maximum absolute atomic E-state index is 7.78. The van der Waals surface area contributed by atoms with Crippen molar-refractivity contribution in [3.05, 3.63) is 35.9 Å². The molecular formula is C51H102O9SSi5. The molecule has 386 valence electrons. The molecule has 2 fully saturated rings. The summed E-state index contributed by atoms with van der Waals surface area (Å²) in [4.78, 5) is 0. The first-order valence-corrected chi connectivity index (χ1v) is 40.7. The monoisotopic (exact) mass is 1030 g/mol. The van der Waals surface area contributed by atoms with Crippen LogP contribution in [0.3, 0.4) is 0 Å². The highest BCUT2D eigenvalue weighted by molar-refractivity contribution is 7.99. The highest BCUT2D eigenvalue weighted by Crippen LogP contribution is 2.48. The highest BCUT2D eigenvalue weighted by atomic mass is 32.2. The normalized spacial score (nSPS) is 28.5. The highest BCUT2D eigenvalue weighted by Gasteiger charge is 2.59. The van der Waals surface area contributed by atoms with E-state index >= 15 is 0 Å². The number of thioether (sulfide) groups is 1. The van der Waals surface area contributed by atoms with Gasteiger partial charge < -0.3 is 41.1 Å². The second-order valence-corrected chi connectivity index (χ2v) is 52.2. The van der Waals surface area contributed by atoms with E-state index in [9.17, 15) is 0 Å². The standard InChI is InChI=1S/C51H102O9SSi5/c1-28-61-46-44(42(59-65(24,25)50(12,13)14)40(58-64(22,23)49(9,10)11)38(55-46)35-53-62(18,19)47(3,4)5)56-45-43(60-66(26,27)51(15,16)17)41(52-34-37-32-30-29-31-33-37)39(36(2)54-45)57-63(20,21)48(6,7)8/h29-33,36,38-46H,28,34-35H2,1-27H3/t36-,38+,39-,40+,41+,42-,43+,44+,45-,46-/m0/s1. The molecular weight excluding hydrogens is 929 g/mol. The summed E-state index contributed by atoms with van der Waals surface area (Å²) < 4.78 is 67.1. The van der Waals surface area contributed by atoms with Gasteiger partial charge in [0.05, 0.1) is 25.4 Å². The first-order chi connectivity index (χ1) is 29.5. The SMILES string of the molecule is CCS[C@@H]1O[C@H](CO[Si](C)(C)C(C)(C)C)[C@@H](O[Si](C)(C)C(C)(C)C)[C@H](O[Si](C)(C)C(C)(C)C)[C@H]1O[C@@H]1O[C@@H](C)[C@H](O[Si](C)(C)C(C)(C)C)[C@@H](OCc2ccccc2)[C@H]1O[Si](C)(C)C(C)(C)C. The molecule has 9 nitrogen and oxygen atoms in total. The van der Waals surface area contributed by atoms with Crippen molar-refractivity contribution < 1.29 is 41.1 Å². The predicted molar refractivity (Wildman–Crippen MR) is 292 cm³/mol. The number of hydrogen-bond donors (Lipinski definition) is 0. The molecule has 0 aromatic heterocycles. The van der Waals surface area contributed by atoms with E-state index in [0.29, 0.717) is 13.2 Å². The summed E-state index contributed by atoms with van der Waals surface area (Å²) in [5.74, 6) is 0.817. The maximum atomic E-state index is 7.78. The lowest BCUT2D eigenvalue weighted by Crippen LogP contribution is -2.69. The molecule has 66 heavy (non-hydrogen) atoms. The molecule has 2 heterocycles. The molecule has 10 atom stereocenters. The number of ether oxygens (including phenoxy) is 4. The quantitative estimate of drug-likeness (QED) is 0.133. The summed E-state index contributed by atoms with van der Waals surface area (Å²) in [6.07, 6.45) is -4.68. The van der Waals surface area contributed by atoms with Crippen molar-refractivity contribution in [2.24, 2.45) is 0 Å². The van der Waals surface area contributed by atoms with Gasteiger partial charge in [-0.1, -0.05) is 141 Å². The van der Waals surface area contributed by atoms with Crippen LogP contribution in [0.1, 0.15) is 123 Å². The van der Waals surface area contributed by atoms with Crippen LogP contribution in [-0.2, 0) is 47.7 Å². The van der Waals surface area contributed by atoms with E-state index in [1.165, 1.54) is 0 Å². The third kappa shape index (κ3) is 14.9. The third-order valence-corrected chi connectivity index (χ3v) is 40.0. The summed E-state index contributed by atoms with van der Waals surface area (Å²) >= 11 is 1.75. The van der Waals surface area contributed by atoms with Crippen molar-refractivity contribution in [3.8, 4) is 0 Å². The van der Waals surface area contributed by atoms with Gasteiger partial charge in [-0.2, -0.15) is 0 Å². The summed E-state index contributed by atoms with van der Waals surface area (Å²) in [5.41, 5.74) is 0.681. The lowest BCUT2D eigenvalue weighted by Gasteiger charge is -2.55. The summed E-state index contributed by atoms with van der Waals surface area (Å²) in [7, 11) is -12.0. The Hall–Kier alpha value is 0.294. The van der Waals surface area contributed by atoms with Crippen LogP contribution in [0.15, 0.2) is 30.3 Å². The molecule has 15 heteroatoms. The van der Waals surface area contributed by atoms with Crippen LogP contribution < -0.4 is 0 Å². The second-order valence-electron chi connectivity index (χ2n) is 27.0. The third-order valence-electron chi connectivity index (χ3n) is 16.6. The van der Waals surface area contributed by atoms with Gasteiger partial charge in [0, 0.05) is 0 Å². The number of hydrogen-bond acceptors (Lipinski definition) is 10. The van der Waals surface area contributed by atoms with Crippen LogP contribution >= 0.6 is 11.8 Å². The van der Waals surface area contributed by atoms with Gasteiger partial charge in [-0.25, -0.2) is 0 Å². The van der Waals surface area contributed by atoms with Gasteiger partial charge in [0.25, 0.3) is 0 Å². The van der Waals surface area contributed by atoms with Crippen LogP contribution in [0.5, 0.6) is 0 Å². The fourth-order valence-corrected chi connectivity index (χ4v) is 14.0. The van der Waals surface area contributed by atoms with E-state index in [0.717, 1.165) is 11.3 Å². The van der Waals surface area contributed by atoms with Crippen LogP contribution in [0, 0.1) is 0 Å². The van der Waals surface area contributed by atoms with E-state index in [1.54, 1.807) is 11.8 Å². The Morgan fingerprint density at radius 3 is 1.33 bits per heavy atom. The van der Waals surface area contributed by atoms with Gasteiger partial charge >= 0.3 is 0 Å². The zero-order valence-corrected chi connectivity index (χ0v) is 53.2. The van der Waals surface area contributed by atoms with Crippen molar-refractivity contribution >= 4 is 53.3 Å². The molecule has 0 spiro atoms. The zero-order valence-electron chi connectivity index (χ0n) is 47.4. The molecule has 0 radical (unpaired) electrons. The number of benzene rings is 1. The van der Waals surface area contributed by atoms with Crippen LogP contribution in [0.4, 0.5) is 0 Å². The van der Waals surface area contributed by atoms with Gasteiger partial charge in [-0.3, -0.25) is 0 Å². The van der Waals surface area contributed by atoms with Gasteiger partial charge in [0.2, 0.25) is 0 Å². The maximum Gasteiger partial charge on any atom is 0.192 e. The lowest BCUT2D eigenvalue weighted by atomic mass is 9.98. The molecule has 2 aliphatic heterocycles. The Balaban J connectivity index is 2.38. The molecule has 0 aliphatic carbocycles. The van der Waals surface area contributed by atoms with E-state index in [1.807, 2.05) is 6.07 Å². The average Bonchev–Trinajstić information content (AvgIpc) is 3.12. The fourth-order valence-electron chi connectivity index (χ4n) is 6.79. The summed E-state index contributed by atoms with van der Waals surface area (Å²) in [6, 6.07) is 10.4. The Kier molecular flexibility index (Phi) is 20.0. The van der Waals surface area contributed by atoms with E-state index in [4.69, 9.17) is 41.1 Å². The minimum absolute atomic E-state index is 0.0250. The summed E-state index contributed by atoms with van der Waals surface area (Å²) in [5, 5.41) is -0.286. The minimum atomic E-state index is -2.51. The lowest BCUT2D eigenvalue weighted by molar-refractivity contribution is -0.328. The fraction of sp³-hybridized carbons (Fsp3) is 0.882. The molecule has 0 unspecified atom stereocenters. The first-order valence-electron chi connectivity index (χ1n) is 25.1. The average molecular weight is 1030 g/mol. The topological polar surface area (TPSA) is 83.1 Å². The van der Waals surface area contributed by atoms with Gasteiger partial charge in [0.15, 0.2) is 47.9 Å². The molecule has 2 saturated heterocycles. The minimum Gasteiger partial charge on any atom is -0.414 e. The van der Waals surface area contributed by atoms with Crippen LogP contribution in [-0.4, -0.2) is 115 Å². The van der Waals surface area contributed by atoms with E-state index in [-0.39, 0.29) is 37.4 Å². The van der Waals surface area contributed by atoms with Crippen molar-refractivity contribution in [1.29, 1.82) is 0 Å². The summed E-state index contributed by atoms with van der Waals surface area (Å²) in [6.45, 7) is 62.7. The van der Waals surface area contributed by atoms with Crippen molar-refractivity contribution in [3.63, 3.8) is 0 Å². The molecule has 0 bridgehead atoms. The van der Waals surface area contributed by atoms with Crippen molar-refractivity contribution in [1.82, 2.24) is 0 Å². The molecule has 0 amide bonds. The molecule has 0 saturated carbocycles. The zero-order chi connectivity index (χ0) is 51.1. The van der Waals surface area contributed by atoms with Gasteiger partial charge in [-0.05, 0) is 109 Å². The molecule has 1 aromatic carbocycles. The largest absolute Gasteiger partial charge is 0.414 e. The Labute approximate surface area is 416 Å². The molecule has 2 aliphatic rings. The van der Waals surface area contributed by atoms with Crippen LogP contribution in [0.25, 0.3) is 0 Å².